The van der Waals surface area contributed by atoms with E-state index in [0.717, 1.165) is 17.0 Å². The normalized spacial score (nSPS) is 10.7. The summed E-state index contributed by atoms with van der Waals surface area (Å²) in [6, 6.07) is 12.0. The molecule has 0 amide bonds. The summed E-state index contributed by atoms with van der Waals surface area (Å²) < 4.78 is 20.3. The average Bonchev–Trinajstić information content (AvgIpc) is 3.02. The number of para-hydroxylation sites is 2. The zero-order valence-electron chi connectivity index (χ0n) is 12.2. The van der Waals surface area contributed by atoms with E-state index >= 15 is 0 Å². The molecule has 0 saturated carbocycles. The summed E-state index contributed by atoms with van der Waals surface area (Å²) in [5.74, 6) is 0.947. The Kier molecular flexibility index (Phi) is 4.83. The number of rotatable bonds is 5. The Bertz CT molecular complexity index is 825. The van der Waals surface area contributed by atoms with Crippen LogP contribution in [0, 0.1) is 5.82 Å². The molecule has 4 nitrogen and oxygen atoms in total. The molecule has 0 saturated heterocycles. The second kappa shape index (κ2) is 7.02. The molecule has 0 unspecified atom stereocenters. The van der Waals surface area contributed by atoms with Crippen LogP contribution in [0.2, 0.25) is 5.02 Å². The first-order chi connectivity index (χ1) is 11.2. The Balaban J connectivity index is 1.84. The Morgan fingerprint density at radius 3 is 2.87 bits per heavy atom. The van der Waals surface area contributed by atoms with Crippen molar-refractivity contribution in [1.29, 1.82) is 0 Å². The third kappa shape index (κ3) is 3.48. The monoisotopic (exact) mass is 349 g/mol. The maximum absolute atomic E-state index is 13.1. The molecule has 0 fully saturated rings. The van der Waals surface area contributed by atoms with Crippen molar-refractivity contribution >= 4 is 23.4 Å². The standard InChI is InChI=1S/C16H13ClFN3OS/c1-22-15-5-3-2-4-14(15)21-10-19-20-16(21)23-9-11-6-7-12(18)8-13(11)17/h2-8,10H,9H2,1H3. The third-order valence-corrected chi connectivity index (χ3v) is 4.58. The van der Waals surface area contributed by atoms with Gasteiger partial charge in [0.1, 0.15) is 17.9 Å². The summed E-state index contributed by atoms with van der Waals surface area (Å²) in [6.07, 6.45) is 1.63. The second-order valence-electron chi connectivity index (χ2n) is 4.68. The van der Waals surface area contributed by atoms with Crippen LogP contribution in [0.3, 0.4) is 0 Å². The van der Waals surface area contributed by atoms with E-state index in [1.54, 1.807) is 19.5 Å². The van der Waals surface area contributed by atoms with Gasteiger partial charge in [0.25, 0.3) is 0 Å². The summed E-state index contributed by atoms with van der Waals surface area (Å²) in [5, 5.41) is 9.21. The van der Waals surface area contributed by atoms with Gasteiger partial charge in [0, 0.05) is 10.8 Å². The highest BCUT2D eigenvalue weighted by atomic mass is 35.5. The van der Waals surface area contributed by atoms with E-state index in [-0.39, 0.29) is 5.82 Å². The van der Waals surface area contributed by atoms with Crippen molar-refractivity contribution < 1.29 is 9.13 Å². The molecule has 0 spiro atoms. The minimum atomic E-state index is -0.346. The zero-order valence-corrected chi connectivity index (χ0v) is 13.8. The quantitative estimate of drug-likeness (QED) is 0.642. The van der Waals surface area contributed by atoms with Gasteiger partial charge in [0.2, 0.25) is 0 Å². The number of hydrogen-bond donors (Lipinski definition) is 0. The molecule has 7 heteroatoms. The average molecular weight is 350 g/mol. The van der Waals surface area contributed by atoms with E-state index in [4.69, 9.17) is 16.3 Å². The maximum Gasteiger partial charge on any atom is 0.196 e. The van der Waals surface area contributed by atoms with Gasteiger partial charge in [0.05, 0.1) is 12.8 Å². The zero-order chi connectivity index (χ0) is 16.2. The van der Waals surface area contributed by atoms with Crippen LogP contribution in [-0.2, 0) is 5.75 Å². The first kappa shape index (κ1) is 15.8. The van der Waals surface area contributed by atoms with Crippen LogP contribution in [0.5, 0.6) is 5.75 Å². The molecule has 0 aliphatic heterocycles. The summed E-state index contributed by atoms with van der Waals surface area (Å²) in [7, 11) is 1.62. The molecular formula is C16H13ClFN3OS. The van der Waals surface area contributed by atoms with Crippen LogP contribution < -0.4 is 4.74 Å². The van der Waals surface area contributed by atoms with E-state index in [0.29, 0.717) is 15.9 Å². The first-order valence-corrected chi connectivity index (χ1v) is 8.15. The lowest BCUT2D eigenvalue weighted by molar-refractivity contribution is 0.412. The molecule has 0 aliphatic rings. The lowest BCUT2D eigenvalue weighted by Crippen LogP contribution is -1.98. The van der Waals surface area contributed by atoms with Gasteiger partial charge in [-0.15, -0.1) is 10.2 Å². The molecule has 1 heterocycles. The largest absolute Gasteiger partial charge is 0.495 e. The van der Waals surface area contributed by atoms with Crippen molar-refractivity contribution in [3.05, 3.63) is 65.2 Å². The predicted molar refractivity (Wildman–Crippen MR) is 88.9 cm³/mol. The molecular weight excluding hydrogens is 337 g/mol. The number of halogens is 2. The Hall–Kier alpha value is -2.05. The highest BCUT2D eigenvalue weighted by Gasteiger charge is 2.12. The van der Waals surface area contributed by atoms with Crippen molar-refractivity contribution in [2.24, 2.45) is 0 Å². The fraction of sp³-hybridized carbons (Fsp3) is 0.125. The van der Waals surface area contributed by atoms with Crippen molar-refractivity contribution in [2.75, 3.05) is 7.11 Å². The van der Waals surface area contributed by atoms with E-state index in [1.165, 1.54) is 23.9 Å². The molecule has 0 N–H and O–H groups in total. The van der Waals surface area contributed by atoms with Crippen LogP contribution >= 0.6 is 23.4 Å². The van der Waals surface area contributed by atoms with Crippen LogP contribution in [0.15, 0.2) is 53.9 Å². The molecule has 3 rings (SSSR count). The summed E-state index contributed by atoms with van der Waals surface area (Å²) >= 11 is 7.53. The number of thioether (sulfide) groups is 1. The second-order valence-corrected chi connectivity index (χ2v) is 6.03. The number of nitrogens with zero attached hydrogens (tertiary/aromatic N) is 3. The topological polar surface area (TPSA) is 39.9 Å². The molecule has 23 heavy (non-hydrogen) atoms. The summed E-state index contributed by atoms with van der Waals surface area (Å²) in [6.45, 7) is 0. The predicted octanol–water partition coefficient (Wildman–Crippen LogP) is 4.36. The van der Waals surface area contributed by atoms with Crippen LogP contribution in [-0.4, -0.2) is 21.9 Å². The molecule has 3 aromatic rings. The number of benzene rings is 2. The molecule has 0 atom stereocenters. The number of ether oxygens (including phenoxy) is 1. The number of hydrogen-bond acceptors (Lipinski definition) is 4. The van der Waals surface area contributed by atoms with Crippen LogP contribution in [0.1, 0.15) is 5.56 Å². The lowest BCUT2D eigenvalue weighted by Gasteiger charge is -2.10. The van der Waals surface area contributed by atoms with Crippen molar-refractivity contribution in [1.82, 2.24) is 14.8 Å². The minimum Gasteiger partial charge on any atom is -0.495 e. The van der Waals surface area contributed by atoms with Gasteiger partial charge in [0.15, 0.2) is 5.16 Å². The lowest BCUT2D eigenvalue weighted by atomic mass is 10.2. The van der Waals surface area contributed by atoms with Crippen LogP contribution in [0.25, 0.3) is 5.69 Å². The summed E-state index contributed by atoms with van der Waals surface area (Å²) in [5.41, 5.74) is 1.69. The summed E-state index contributed by atoms with van der Waals surface area (Å²) in [4.78, 5) is 0. The Labute approximate surface area is 142 Å². The minimum absolute atomic E-state index is 0.346. The van der Waals surface area contributed by atoms with Gasteiger partial charge in [-0.05, 0) is 29.8 Å². The van der Waals surface area contributed by atoms with Crippen molar-refractivity contribution in [2.45, 2.75) is 10.9 Å². The third-order valence-electron chi connectivity index (χ3n) is 3.23. The highest BCUT2D eigenvalue weighted by molar-refractivity contribution is 7.98. The van der Waals surface area contributed by atoms with Gasteiger partial charge < -0.3 is 4.74 Å². The first-order valence-electron chi connectivity index (χ1n) is 6.79. The van der Waals surface area contributed by atoms with E-state index in [2.05, 4.69) is 10.2 Å². The smallest absolute Gasteiger partial charge is 0.196 e. The van der Waals surface area contributed by atoms with E-state index in [9.17, 15) is 4.39 Å². The van der Waals surface area contributed by atoms with Gasteiger partial charge >= 0.3 is 0 Å². The van der Waals surface area contributed by atoms with Crippen LogP contribution in [0.4, 0.5) is 4.39 Å². The van der Waals surface area contributed by atoms with Gasteiger partial charge in [-0.25, -0.2) is 4.39 Å². The number of aromatic nitrogens is 3. The molecule has 0 aliphatic carbocycles. The van der Waals surface area contributed by atoms with E-state index in [1.807, 2.05) is 28.8 Å². The molecule has 0 bridgehead atoms. The van der Waals surface area contributed by atoms with Crippen molar-refractivity contribution in [3.63, 3.8) is 0 Å². The Morgan fingerprint density at radius 1 is 1.26 bits per heavy atom. The van der Waals surface area contributed by atoms with E-state index < -0.39 is 0 Å². The molecule has 1 aromatic heterocycles. The Morgan fingerprint density at radius 2 is 2.09 bits per heavy atom. The highest BCUT2D eigenvalue weighted by Crippen LogP contribution is 2.30. The molecule has 0 radical (unpaired) electrons. The fourth-order valence-corrected chi connectivity index (χ4v) is 3.34. The molecule has 118 valence electrons. The number of methoxy groups -OCH3 is 1. The van der Waals surface area contributed by atoms with Gasteiger partial charge in [-0.3, -0.25) is 4.57 Å². The van der Waals surface area contributed by atoms with Gasteiger partial charge in [-0.1, -0.05) is 41.6 Å². The van der Waals surface area contributed by atoms with Crippen molar-refractivity contribution in [3.8, 4) is 11.4 Å². The van der Waals surface area contributed by atoms with Gasteiger partial charge in [-0.2, -0.15) is 0 Å². The maximum atomic E-state index is 13.1. The molecule has 2 aromatic carbocycles. The SMILES string of the molecule is COc1ccccc1-n1cnnc1SCc1ccc(F)cc1Cl. The fourth-order valence-electron chi connectivity index (χ4n) is 2.10.